The molecule has 8 nitrogen and oxygen atoms in total. The van der Waals surface area contributed by atoms with E-state index in [1.54, 1.807) is 37.1 Å². The topological polar surface area (TPSA) is 76.3 Å². The Bertz CT molecular complexity index is 1410. The van der Waals surface area contributed by atoms with E-state index in [9.17, 15) is 18.4 Å². The molecule has 2 aliphatic heterocycles. The molecule has 0 bridgehead atoms. The molecule has 1 amide bonds. The summed E-state index contributed by atoms with van der Waals surface area (Å²) in [6.07, 6.45) is 5.83. The first-order chi connectivity index (χ1) is 18.3. The van der Waals surface area contributed by atoms with Gasteiger partial charge >= 0.3 is 0 Å². The number of halogens is 2. The Kier molecular flexibility index (Phi) is 6.28. The van der Waals surface area contributed by atoms with Crippen molar-refractivity contribution >= 4 is 23.2 Å². The van der Waals surface area contributed by atoms with Crippen molar-refractivity contribution in [3.05, 3.63) is 46.9 Å². The molecule has 0 unspecified atom stereocenters. The zero-order valence-corrected chi connectivity index (χ0v) is 21.8. The lowest BCUT2D eigenvalue weighted by Crippen LogP contribution is -2.36. The third-order valence-electron chi connectivity index (χ3n) is 8.19. The van der Waals surface area contributed by atoms with Crippen molar-refractivity contribution in [3.8, 4) is 11.1 Å². The fourth-order valence-corrected chi connectivity index (χ4v) is 6.29. The molecular formula is C28H32F2N6O2. The molecule has 0 radical (unpaired) electrons. The van der Waals surface area contributed by atoms with E-state index in [0.29, 0.717) is 50.0 Å². The van der Waals surface area contributed by atoms with Gasteiger partial charge in [0.15, 0.2) is 5.82 Å². The lowest BCUT2D eigenvalue weighted by molar-refractivity contribution is -0.129. The van der Waals surface area contributed by atoms with E-state index in [2.05, 4.69) is 10.00 Å². The number of nitrogens with zero attached hydrogens (tertiary/aromatic N) is 6. The first kappa shape index (κ1) is 24.8. The first-order valence-corrected chi connectivity index (χ1v) is 13.4. The summed E-state index contributed by atoms with van der Waals surface area (Å²) >= 11 is 0. The maximum absolute atomic E-state index is 14.4. The molecular weight excluding hydrogens is 490 g/mol. The molecule has 2 aromatic heterocycles. The number of carbonyl (C=O) groups excluding carboxylic acids is 2. The van der Waals surface area contributed by atoms with Crippen LogP contribution in [0.5, 0.6) is 0 Å². The third-order valence-corrected chi connectivity index (χ3v) is 8.19. The summed E-state index contributed by atoms with van der Waals surface area (Å²) in [4.78, 5) is 28.5. The summed E-state index contributed by atoms with van der Waals surface area (Å²) in [7, 11) is 1.77. The average Bonchev–Trinajstić information content (AvgIpc) is 3.50. The second-order valence-electron chi connectivity index (χ2n) is 10.7. The molecule has 38 heavy (non-hydrogen) atoms. The quantitative estimate of drug-likeness (QED) is 0.488. The monoisotopic (exact) mass is 522 g/mol. The largest absolute Gasteiger partial charge is 0.338 e. The molecule has 4 heterocycles. The molecule has 0 N–H and O–H groups in total. The van der Waals surface area contributed by atoms with Crippen LogP contribution in [-0.4, -0.2) is 49.2 Å². The molecule has 3 aliphatic rings. The number of anilines is 2. The number of ketones is 1. The summed E-state index contributed by atoms with van der Waals surface area (Å²) in [6.45, 7) is 3.26. The molecule has 1 saturated carbocycles. The number of amides is 1. The van der Waals surface area contributed by atoms with Crippen LogP contribution in [0, 0.1) is 0 Å². The van der Waals surface area contributed by atoms with Crippen molar-refractivity contribution in [2.24, 2.45) is 7.05 Å². The Morgan fingerprint density at radius 3 is 2.68 bits per heavy atom. The number of aromatic nitrogens is 4. The van der Waals surface area contributed by atoms with Gasteiger partial charge in [0.2, 0.25) is 5.91 Å². The van der Waals surface area contributed by atoms with Gasteiger partial charge < -0.3 is 9.80 Å². The van der Waals surface area contributed by atoms with Gasteiger partial charge in [-0.25, -0.2) is 8.78 Å². The molecule has 0 spiro atoms. The van der Waals surface area contributed by atoms with E-state index in [0.717, 1.165) is 54.0 Å². The number of hydrogen-bond acceptors (Lipinski definition) is 5. The lowest BCUT2D eigenvalue weighted by atomic mass is 9.92. The second-order valence-corrected chi connectivity index (χ2v) is 10.7. The number of alkyl halides is 2. The van der Waals surface area contributed by atoms with Crippen LogP contribution in [0.4, 0.5) is 20.3 Å². The fraction of sp³-hybridized carbons (Fsp3) is 0.500. The number of aryl methyl sites for hydroxylation is 2. The van der Waals surface area contributed by atoms with Crippen molar-refractivity contribution in [1.29, 1.82) is 0 Å². The SMILES string of the molecule is CC(=O)N1CCc2c(c(N3CCCc4cc(-c5cnn(C)c5)c(C(F)F)cc43)nn2[C@H]2CCCC(=O)C2)C1. The molecule has 200 valence electrons. The van der Waals surface area contributed by atoms with Gasteiger partial charge in [-0.2, -0.15) is 10.2 Å². The maximum atomic E-state index is 14.4. The van der Waals surface area contributed by atoms with Crippen LogP contribution in [0.2, 0.25) is 0 Å². The summed E-state index contributed by atoms with van der Waals surface area (Å²) in [5.41, 5.74) is 4.91. The summed E-state index contributed by atoms with van der Waals surface area (Å²) in [5, 5.41) is 9.26. The number of rotatable bonds is 4. The van der Waals surface area contributed by atoms with Gasteiger partial charge in [-0.15, -0.1) is 0 Å². The Labute approximate surface area is 220 Å². The standard InChI is InChI=1S/C28H32F2N6O2/c1-17(37)34-10-8-25-24(16-34)28(32-36(25)20-6-3-7-21(38)12-20)35-9-4-5-18-11-22(19-14-31-33(2)15-19)23(27(29)30)13-26(18)35/h11,13-15,20,27H,3-10,12,16H2,1-2H3/t20-/m0/s1. The third kappa shape index (κ3) is 4.29. The van der Waals surface area contributed by atoms with Crippen molar-refractivity contribution < 1.29 is 18.4 Å². The Balaban J connectivity index is 1.47. The smallest absolute Gasteiger partial charge is 0.264 e. The number of benzene rings is 1. The number of Topliss-reactive ketones (excluding diaryl/α,β-unsaturated/α-hetero) is 1. The number of fused-ring (bicyclic) bond motifs is 2. The van der Waals surface area contributed by atoms with Gasteiger partial charge in [0.1, 0.15) is 5.78 Å². The summed E-state index contributed by atoms with van der Waals surface area (Å²) in [6, 6.07) is 3.49. The van der Waals surface area contributed by atoms with E-state index < -0.39 is 6.43 Å². The van der Waals surface area contributed by atoms with Crippen LogP contribution < -0.4 is 4.90 Å². The zero-order valence-electron chi connectivity index (χ0n) is 21.8. The van der Waals surface area contributed by atoms with Crippen molar-refractivity contribution in [2.45, 2.75) is 70.9 Å². The molecule has 6 rings (SSSR count). The maximum Gasteiger partial charge on any atom is 0.264 e. The van der Waals surface area contributed by atoms with Crippen molar-refractivity contribution in [1.82, 2.24) is 24.5 Å². The zero-order chi connectivity index (χ0) is 26.6. The average molecular weight is 523 g/mol. The van der Waals surface area contributed by atoms with Crippen LogP contribution in [0.3, 0.4) is 0 Å². The summed E-state index contributed by atoms with van der Waals surface area (Å²) in [5.74, 6) is 0.975. The van der Waals surface area contributed by atoms with E-state index >= 15 is 0 Å². The van der Waals surface area contributed by atoms with E-state index in [1.165, 1.54) is 0 Å². The molecule has 3 aromatic rings. The predicted octanol–water partition coefficient (Wildman–Crippen LogP) is 4.89. The van der Waals surface area contributed by atoms with Gasteiger partial charge in [0.05, 0.1) is 18.8 Å². The molecule has 1 aromatic carbocycles. The highest BCUT2D eigenvalue weighted by molar-refractivity contribution is 5.80. The van der Waals surface area contributed by atoms with E-state index in [4.69, 9.17) is 5.10 Å². The minimum absolute atomic E-state index is 0.00216. The molecule has 0 saturated heterocycles. The normalized spacial score (nSPS) is 19.6. The fourth-order valence-electron chi connectivity index (χ4n) is 6.29. The highest BCUT2D eigenvalue weighted by Gasteiger charge is 2.34. The highest BCUT2D eigenvalue weighted by Crippen LogP contribution is 2.43. The van der Waals surface area contributed by atoms with Gasteiger partial charge in [-0.05, 0) is 48.9 Å². The Morgan fingerprint density at radius 2 is 1.97 bits per heavy atom. The molecule has 10 heteroatoms. The van der Waals surface area contributed by atoms with Gasteiger partial charge in [-0.1, -0.05) is 0 Å². The van der Waals surface area contributed by atoms with Gasteiger partial charge in [-0.3, -0.25) is 19.0 Å². The second kappa shape index (κ2) is 9.63. The van der Waals surface area contributed by atoms with Crippen LogP contribution in [0.1, 0.15) is 73.9 Å². The minimum Gasteiger partial charge on any atom is -0.338 e. The van der Waals surface area contributed by atoms with Gasteiger partial charge in [0.25, 0.3) is 6.43 Å². The van der Waals surface area contributed by atoms with Crippen LogP contribution in [-0.2, 0) is 36.0 Å². The minimum atomic E-state index is -2.65. The highest BCUT2D eigenvalue weighted by atomic mass is 19.3. The lowest BCUT2D eigenvalue weighted by Gasteiger charge is -2.33. The van der Waals surface area contributed by atoms with E-state index in [1.807, 2.05) is 15.6 Å². The summed E-state index contributed by atoms with van der Waals surface area (Å²) < 4.78 is 32.4. The molecule has 1 atom stereocenters. The first-order valence-electron chi connectivity index (χ1n) is 13.4. The Morgan fingerprint density at radius 1 is 1.13 bits per heavy atom. The van der Waals surface area contributed by atoms with Crippen LogP contribution in [0.25, 0.3) is 11.1 Å². The number of hydrogen-bond donors (Lipinski definition) is 0. The van der Waals surface area contributed by atoms with E-state index in [-0.39, 0.29) is 23.3 Å². The molecule has 1 aliphatic carbocycles. The molecule has 1 fully saturated rings. The van der Waals surface area contributed by atoms with Gasteiger partial charge in [0, 0.05) is 80.6 Å². The number of carbonyl (C=O) groups is 2. The van der Waals surface area contributed by atoms with Crippen LogP contribution in [0.15, 0.2) is 24.5 Å². The van der Waals surface area contributed by atoms with Crippen molar-refractivity contribution in [3.63, 3.8) is 0 Å². The van der Waals surface area contributed by atoms with Crippen LogP contribution >= 0.6 is 0 Å². The Hall–Kier alpha value is -3.56. The predicted molar refractivity (Wildman–Crippen MR) is 138 cm³/mol. The van der Waals surface area contributed by atoms with Crippen molar-refractivity contribution in [2.75, 3.05) is 18.0 Å².